The molecule has 0 bridgehead atoms. The van der Waals surface area contributed by atoms with E-state index >= 15 is 0 Å². The van der Waals surface area contributed by atoms with E-state index in [2.05, 4.69) is 10.4 Å². The Morgan fingerprint density at radius 1 is 1.09 bits per heavy atom. The maximum absolute atomic E-state index is 13.4. The van der Waals surface area contributed by atoms with Crippen LogP contribution in [-0.2, 0) is 11.3 Å². The first-order chi connectivity index (χ1) is 15.6. The monoisotopic (exact) mass is 432 g/mol. The zero-order chi connectivity index (χ0) is 22.5. The van der Waals surface area contributed by atoms with Gasteiger partial charge in [-0.3, -0.25) is 14.3 Å². The second-order valence-corrected chi connectivity index (χ2v) is 7.91. The molecule has 0 saturated heterocycles. The van der Waals surface area contributed by atoms with Gasteiger partial charge in [-0.1, -0.05) is 38.1 Å². The normalized spacial score (nSPS) is 15.2. The summed E-state index contributed by atoms with van der Waals surface area (Å²) < 4.78 is 7.79. The first kappa shape index (κ1) is 21.6. The van der Waals surface area contributed by atoms with Crippen molar-refractivity contribution < 1.29 is 14.3 Å². The van der Waals surface area contributed by atoms with Crippen molar-refractivity contribution in [3.05, 3.63) is 78.1 Å². The molecule has 2 amide bonds. The first-order valence-corrected chi connectivity index (χ1v) is 11.0. The lowest BCUT2D eigenvalue weighted by molar-refractivity contribution is -0.128. The number of nitrogens with zero attached hydrogens (tertiary/aromatic N) is 3. The van der Waals surface area contributed by atoms with Crippen molar-refractivity contribution >= 4 is 17.5 Å². The largest absolute Gasteiger partial charge is 0.477 e. The van der Waals surface area contributed by atoms with Gasteiger partial charge in [0.05, 0.1) is 18.8 Å². The van der Waals surface area contributed by atoms with Crippen LogP contribution in [0.4, 0.5) is 5.69 Å². The molecule has 0 radical (unpaired) electrons. The molecule has 1 aliphatic heterocycles. The Labute approximate surface area is 188 Å². The molecule has 2 aromatic carbocycles. The molecule has 7 heteroatoms. The summed E-state index contributed by atoms with van der Waals surface area (Å²) in [5, 5.41) is 7.25. The maximum atomic E-state index is 13.4. The number of hydrogen-bond acceptors (Lipinski definition) is 4. The number of carbonyl (C=O) groups is 2. The Hall–Kier alpha value is -3.61. The van der Waals surface area contributed by atoms with Gasteiger partial charge in [-0.2, -0.15) is 5.10 Å². The second-order valence-electron chi connectivity index (χ2n) is 7.91. The van der Waals surface area contributed by atoms with E-state index < -0.39 is 6.10 Å². The van der Waals surface area contributed by atoms with Crippen molar-refractivity contribution in [3.63, 3.8) is 0 Å². The van der Waals surface area contributed by atoms with Crippen LogP contribution in [-0.4, -0.2) is 40.3 Å². The Morgan fingerprint density at radius 3 is 2.53 bits per heavy atom. The third-order valence-corrected chi connectivity index (χ3v) is 5.75. The van der Waals surface area contributed by atoms with Crippen molar-refractivity contribution in [2.45, 2.75) is 45.4 Å². The van der Waals surface area contributed by atoms with Crippen molar-refractivity contribution in [1.82, 2.24) is 15.1 Å². The molecule has 1 unspecified atom stereocenters. The lowest BCUT2D eigenvalue weighted by Gasteiger charge is -2.34. The van der Waals surface area contributed by atoms with Crippen LogP contribution in [0.2, 0.25) is 0 Å². The van der Waals surface area contributed by atoms with Crippen LogP contribution < -0.4 is 15.0 Å². The molecule has 2 heterocycles. The predicted molar refractivity (Wildman–Crippen MR) is 123 cm³/mol. The van der Waals surface area contributed by atoms with Gasteiger partial charge >= 0.3 is 0 Å². The van der Waals surface area contributed by atoms with Gasteiger partial charge in [0, 0.05) is 24.0 Å². The summed E-state index contributed by atoms with van der Waals surface area (Å²) >= 11 is 0. The molecule has 166 valence electrons. The van der Waals surface area contributed by atoms with E-state index in [-0.39, 0.29) is 24.4 Å². The van der Waals surface area contributed by atoms with Crippen LogP contribution in [0.3, 0.4) is 0 Å². The molecule has 3 aromatic rings. The number of aromatic nitrogens is 2. The number of anilines is 1. The van der Waals surface area contributed by atoms with E-state index in [0.29, 0.717) is 23.5 Å². The van der Waals surface area contributed by atoms with E-state index in [9.17, 15) is 9.59 Å². The standard InChI is InChI=1S/C25H28N4O3/c1-3-20(4-2)27-24(30)23-17-29(21-8-5-6-9-22(21)32-23)25(31)19-12-10-18(11-13-19)16-28-15-7-14-26-28/h5-15,20,23H,3-4,16-17H2,1-2H3,(H,27,30). The summed E-state index contributed by atoms with van der Waals surface area (Å²) in [6, 6.07) is 16.8. The van der Waals surface area contributed by atoms with E-state index in [1.54, 1.807) is 17.2 Å². The lowest BCUT2D eigenvalue weighted by atomic mass is 10.1. The highest BCUT2D eigenvalue weighted by Gasteiger charge is 2.34. The smallest absolute Gasteiger partial charge is 0.263 e. The number of fused-ring (bicyclic) bond motifs is 1. The fraction of sp³-hybridized carbons (Fsp3) is 0.320. The molecule has 1 atom stereocenters. The zero-order valence-corrected chi connectivity index (χ0v) is 18.4. The van der Waals surface area contributed by atoms with Crippen LogP contribution in [0, 0.1) is 0 Å². The summed E-state index contributed by atoms with van der Waals surface area (Å²) in [6.45, 7) is 4.88. The van der Waals surface area contributed by atoms with Crippen LogP contribution in [0.15, 0.2) is 67.0 Å². The number of amides is 2. The highest BCUT2D eigenvalue weighted by molar-refractivity contribution is 6.07. The number of hydrogen-bond donors (Lipinski definition) is 1. The van der Waals surface area contributed by atoms with E-state index in [4.69, 9.17) is 4.74 Å². The number of para-hydroxylation sites is 2. The van der Waals surface area contributed by atoms with Crippen molar-refractivity contribution in [2.75, 3.05) is 11.4 Å². The van der Waals surface area contributed by atoms with Crippen LogP contribution in [0.1, 0.15) is 42.6 Å². The van der Waals surface area contributed by atoms with Gasteiger partial charge in [0.15, 0.2) is 6.10 Å². The number of rotatable bonds is 7. The Balaban J connectivity index is 1.54. The highest BCUT2D eigenvalue weighted by atomic mass is 16.5. The maximum Gasteiger partial charge on any atom is 0.263 e. The lowest BCUT2D eigenvalue weighted by Crippen LogP contribution is -2.52. The van der Waals surface area contributed by atoms with Gasteiger partial charge in [0.1, 0.15) is 5.75 Å². The Bertz CT molecular complexity index is 1060. The first-order valence-electron chi connectivity index (χ1n) is 11.0. The summed E-state index contributed by atoms with van der Waals surface area (Å²) in [5.74, 6) is 0.180. The topological polar surface area (TPSA) is 76.5 Å². The molecule has 0 spiro atoms. The molecular weight excluding hydrogens is 404 g/mol. The van der Waals surface area contributed by atoms with Crippen molar-refractivity contribution in [1.29, 1.82) is 0 Å². The summed E-state index contributed by atoms with van der Waals surface area (Å²) in [7, 11) is 0. The molecule has 1 aliphatic rings. The minimum atomic E-state index is -0.756. The number of carbonyl (C=O) groups excluding carboxylic acids is 2. The van der Waals surface area contributed by atoms with E-state index in [1.165, 1.54) is 0 Å². The molecule has 0 aliphatic carbocycles. The predicted octanol–water partition coefficient (Wildman–Crippen LogP) is 3.64. The summed E-state index contributed by atoms with van der Waals surface area (Å²) in [4.78, 5) is 27.9. The molecule has 4 rings (SSSR count). The van der Waals surface area contributed by atoms with Gasteiger partial charge in [-0.15, -0.1) is 0 Å². The van der Waals surface area contributed by atoms with Gasteiger partial charge in [-0.05, 0) is 48.7 Å². The number of ether oxygens (including phenoxy) is 1. The molecule has 7 nitrogen and oxygen atoms in total. The van der Waals surface area contributed by atoms with Crippen molar-refractivity contribution in [3.8, 4) is 5.75 Å². The minimum Gasteiger partial charge on any atom is -0.477 e. The van der Waals surface area contributed by atoms with Crippen molar-refractivity contribution in [2.24, 2.45) is 0 Å². The average molecular weight is 433 g/mol. The van der Waals surface area contributed by atoms with E-state index in [1.807, 2.05) is 73.3 Å². The molecule has 32 heavy (non-hydrogen) atoms. The third kappa shape index (κ3) is 4.66. The van der Waals surface area contributed by atoms with Gasteiger partial charge in [-0.25, -0.2) is 0 Å². The minimum absolute atomic E-state index is 0.0924. The van der Waals surface area contributed by atoms with E-state index in [0.717, 1.165) is 18.4 Å². The fourth-order valence-corrected chi connectivity index (χ4v) is 3.84. The summed E-state index contributed by atoms with van der Waals surface area (Å²) in [5.41, 5.74) is 2.28. The third-order valence-electron chi connectivity index (χ3n) is 5.75. The van der Waals surface area contributed by atoms with Crippen LogP contribution in [0.25, 0.3) is 0 Å². The molecule has 1 aromatic heterocycles. The zero-order valence-electron chi connectivity index (χ0n) is 18.4. The van der Waals surface area contributed by atoms with Gasteiger partial charge in [0.2, 0.25) is 0 Å². The van der Waals surface area contributed by atoms with Gasteiger partial charge < -0.3 is 15.0 Å². The number of nitrogens with one attached hydrogen (secondary N) is 1. The van der Waals surface area contributed by atoms with Crippen LogP contribution >= 0.6 is 0 Å². The number of benzene rings is 2. The molecule has 1 N–H and O–H groups in total. The fourth-order valence-electron chi connectivity index (χ4n) is 3.84. The Kier molecular flexibility index (Phi) is 6.54. The quantitative estimate of drug-likeness (QED) is 0.618. The summed E-state index contributed by atoms with van der Waals surface area (Å²) in [6.07, 6.45) is 4.58. The molecular formula is C25H28N4O3. The van der Waals surface area contributed by atoms with Crippen LogP contribution in [0.5, 0.6) is 5.75 Å². The Morgan fingerprint density at radius 2 is 1.84 bits per heavy atom. The van der Waals surface area contributed by atoms with Gasteiger partial charge in [0.25, 0.3) is 11.8 Å². The molecule has 0 fully saturated rings. The molecule has 0 saturated carbocycles. The SMILES string of the molecule is CCC(CC)NC(=O)C1CN(C(=O)c2ccc(Cn3cccn3)cc2)c2ccccc2O1. The highest BCUT2D eigenvalue weighted by Crippen LogP contribution is 2.34. The average Bonchev–Trinajstić information content (AvgIpc) is 3.34. The second kappa shape index (κ2) is 9.68.